The molecule has 1 heterocycles. The average molecular weight is 207 g/mol. The smallest absolute Gasteiger partial charge is 0.0606 e. The molecule has 14 heavy (non-hydrogen) atoms. The molecule has 0 aliphatic rings. The summed E-state index contributed by atoms with van der Waals surface area (Å²) in [5.41, 5.74) is 1.16. The summed E-state index contributed by atoms with van der Waals surface area (Å²) in [4.78, 5) is 2.05. The van der Waals surface area contributed by atoms with Crippen molar-refractivity contribution in [2.75, 3.05) is 25.1 Å². The molecule has 0 radical (unpaired) electrons. The number of nitrogens with zero attached hydrogens (tertiary/aromatic N) is 1. The third-order valence-electron chi connectivity index (χ3n) is 2.32. The van der Waals surface area contributed by atoms with E-state index in [1.807, 2.05) is 7.05 Å². The van der Waals surface area contributed by atoms with Crippen LogP contribution in [0.25, 0.3) is 10.1 Å². The molecule has 2 aromatic rings. The van der Waals surface area contributed by atoms with Gasteiger partial charge in [0.05, 0.1) is 6.61 Å². The zero-order valence-corrected chi connectivity index (χ0v) is 8.92. The molecule has 2 nitrogen and oxygen atoms in total. The summed E-state index contributed by atoms with van der Waals surface area (Å²) >= 11 is 1.75. The van der Waals surface area contributed by atoms with E-state index in [-0.39, 0.29) is 6.61 Å². The van der Waals surface area contributed by atoms with Crippen molar-refractivity contribution in [1.29, 1.82) is 0 Å². The van der Waals surface area contributed by atoms with Crippen molar-refractivity contribution in [1.82, 2.24) is 0 Å². The molecule has 1 aromatic heterocycles. The molecule has 0 amide bonds. The van der Waals surface area contributed by atoms with Gasteiger partial charge in [-0.15, -0.1) is 11.3 Å². The maximum Gasteiger partial charge on any atom is 0.0606 e. The Labute approximate surface area is 87.4 Å². The van der Waals surface area contributed by atoms with Gasteiger partial charge in [0.25, 0.3) is 0 Å². The van der Waals surface area contributed by atoms with E-state index in [1.54, 1.807) is 11.3 Å². The van der Waals surface area contributed by atoms with Gasteiger partial charge in [0.1, 0.15) is 0 Å². The maximum absolute atomic E-state index is 8.83. The number of fused-ring (bicyclic) bond motifs is 1. The van der Waals surface area contributed by atoms with Crippen LogP contribution in [-0.2, 0) is 0 Å². The fourth-order valence-electron chi connectivity index (χ4n) is 1.46. The third-order valence-corrected chi connectivity index (χ3v) is 3.20. The van der Waals surface area contributed by atoms with Gasteiger partial charge in [-0.1, -0.05) is 6.07 Å². The van der Waals surface area contributed by atoms with Crippen LogP contribution in [0.2, 0.25) is 0 Å². The predicted octanol–water partition coefficient (Wildman–Crippen LogP) is 2.33. The summed E-state index contributed by atoms with van der Waals surface area (Å²) in [6.45, 7) is 0.871. The molecule has 0 atom stereocenters. The molecule has 0 aliphatic carbocycles. The second-order valence-electron chi connectivity index (χ2n) is 3.29. The lowest BCUT2D eigenvalue weighted by molar-refractivity contribution is 0.304. The summed E-state index contributed by atoms with van der Waals surface area (Å²) in [5.74, 6) is 0. The molecule has 0 unspecified atom stereocenters. The highest BCUT2D eigenvalue weighted by atomic mass is 32.1. The van der Waals surface area contributed by atoms with Crippen molar-refractivity contribution in [2.24, 2.45) is 0 Å². The molecule has 1 N–H and O–H groups in total. The minimum Gasteiger partial charge on any atom is -0.395 e. The molecule has 0 bridgehead atoms. The Balaban J connectivity index is 2.33. The molecule has 1 aromatic carbocycles. The zero-order valence-electron chi connectivity index (χ0n) is 8.10. The van der Waals surface area contributed by atoms with Crippen LogP contribution in [-0.4, -0.2) is 25.3 Å². The number of aliphatic hydroxyl groups is 1. The van der Waals surface area contributed by atoms with E-state index in [0.29, 0.717) is 6.54 Å². The minimum atomic E-state index is 0.193. The summed E-state index contributed by atoms with van der Waals surface area (Å²) in [6.07, 6.45) is 0. The topological polar surface area (TPSA) is 23.5 Å². The second kappa shape index (κ2) is 3.98. The van der Waals surface area contributed by atoms with Crippen LogP contribution in [0.4, 0.5) is 5.69 Å². The highest BCUT2D eigenvalue weighted by Gasteiger charge is 2.01. The number of aliphatic hydroxyl groups excluding tert-OH is 1. The first-order chi connectivity index (χ1) is 6.81. The molecule has 0 fully saturated rings. The Bertz CT molecular complexity index is 424. The van der Waals surface area contributed by atoms with Crippen LogP contribution >= 0.6 is 11.3 Å². The van der Waals surface area contributed by atoms with E-state index >= 15 is 0 Å². The third kappa shape index (κ3) is 1.74. The number of rotatable bonds is 3. The van der Waals surface area contributed by atoms with E-state index in [0.717, 1.165) is 5.69 Å². The Morgan fingerprint density at radius 1 is 1.36 bits per heavy atom. The van der Waals surface area contributed by atoms with Crippen LogP contribution in [0.15, 0.2) is 29.6 Å². The lowest BCUT2D eigenvalue weighted by Gasteiger charge is -2.17. The molecule has 0 spiro atoms. The van der Waals surface area contributed by atoms with Crippen molar-refractivity contribution < 1.29 is 5.11 Å². The van der Waals surface area contributed by atoms with Gasteiger partial charge in [-0.05, 0) is 29.0 Å². The monoisotopic (exact) mass is 207 g/mol. The molecule has 3 heteroatoms. The number of hydrogen-bond acceptors (Lipinski definition) is 3. The van der Waals surface area contributed by atoms with Crippen molar-refractivity contribution in [2.45, 2.75) is 0 Å². The molecular weight excluding hydrogens is 194 g/mol. The van der Waals surface area contributed by atoms with Gasteiger partial charge in [-0.25, -0.2) is 0 Å². The number of thiophene rings is 1. The first-order valence-electron chi connectivity index (χ1n) is 4.60. The van der Waals surface area contributed by atoms with Crippen LogP contribution in [0.3, 0.4) is 0 Å². The molecular formula is C11H13NOS. The van der Waals surface area contributed by atoms with Crippen LogP contribution < -0.4 is 4.90 Å². The van der Waals surface area contributed by atoms with E-state index in [4.69, 9.17) is 5.11 Å². The van der Waals surface area contributed by atoms with Crippen molar-refractivity contribution in [3.05, 3.63) is 29.6 Å². The fraction of sp³-hybridized carbons (Fsp3) is 0.273. The number of likely N-dealkylation sites (N-methyl/N-ethyl adjacent to an activating group) is 1. The highest BCUT2D eigenvalue weighted by molar-refractivity contribution is 7.17. The Morgan fingerprint density at radius 3 is 3.00 bits per heavy atom. The van der Waals surface area contributed by atoms with Crippen LogP contribution in [0, 0.1) is 0 Å². The standard InChI is InChI=1S/C11H13NOS/c1-12(5-6-13)10-3-2-9-4-7-14-11(9)8-10/h2-4,7-8,13H,5-6H2,1H3. The lowest BCUT2D eigenvalue weighted by atomic mass is 10.2. The van der Waals surface area contributed by atoms with Crippen LogP contribution in [0.5, 0.6) is 0 Å². The zero-order chi connectivity index (χ0) is 9.97. The summed E-state index contributed by atoms with van der Waals surface area (Å²) in [5, 5.41) is 12.2. The van der Waals surface area contributed by atoms with Crippen molar-refractivity contribution >= 4 is 27.1 Å². The van der Waals surface area contributed by atoms with Gasteiger partial charge in [-0.2, -0.15) is 0 Å². The van der Waals surface area contributed by atoms with E-state index in [9.17, 15) is 0 Å². The average Bonchev–Trinajstić information content (AvgIpc) is 2.64. The quantitative estimate of drug-likeness (QED) is 0.835. The van der Waals surface area contributed by atoms with Crippen molar-refractivity contribution in [3.8, 4) is 0 Å². The van der Waals surface area contributed by atoms with Gasteiger partial charge in [0, 0.05) is 24.0 Å². The Kier molecular flexibility index (Phi) is 2.70. The normalized spacial score (nSPS) is 10.7. The fourth-order valence-corrected chi connectivity index (χ4v) is 2.28. The SMILES string of the molecule is CN(CCO)c1ccc2ccsc2c1. The largest absolute Gasteiger partial charge is 0.395 e. The van der Waals surface area contributed by atoms with Gasteiger partial charge in [0.15, 0.2) is 0 Å². The minimum absolute atomic E-state index is 0.193. The Hall–Kier alpha value is -1.06. The number of benzene rings is 1. The summed E-state index contributed by atoms with van der Waals surface area (Å²) < 4.78 is 1.30. The number of hydrogen-bond donors (Lipinski definition) is 1. The van der Waals surface area contributed by atoms with E-state index < -0.39 is 0 Å². The van der Waals surface area contributed by atoms with E-state index in [1.165, 1.54) is 10.1 Å². The molecule has 74 valence electrons. The molecule has 0 saturated carbocycles. The van der Waals surface area contributed by atoms with Gasteiger partial charge < -0.3 is 10.0 Å². The second-order valence-corrected chi connectivity index (χ2v) is 4.24. The molecule has 2 rings (SSSR count). The number of anilines is 1. The molecule has 0 saturated heterocycles. The lowest BCUT2D eigenvalue weighted by Crippen LogP contribution is -2.20. The van der Waals surface area contributed by atoms with Crippen LogP contribution in [0.1, 0.15) is 0 Å². The predicted molar refractivity (Wildman–Crippen MR) is 62.2 cm³/mol. The van der Waals surface area contributed by atoms with E-state index in [2.05, 4.69) is 34.5 Å². The first kappa shape index (κ1) is 9.49. The molecule has 0 aliphatic heterocycles. The van der Waals surface area contributed by atoms with Gasteiger partial charge in [0.2, 0.25) is 0 Å². The maximum atomic E-state index is 8.83. The highest BCUT2D eigenvalue weighted by Crippen LogP contribution is 2.25. The first-order valence-corrected chi connectivity index (χ1v) is 5.48. The van der Waals surface area contributed by atoms with Gasteiger partial charge >= 0.3 is 0 Å². The Morgan fingerprint density at radius 2 is 2.21 bits per heavy atom. The van der Waals surface area contributed by atoms with Crippen molar-refractivity contribution in [3.63, 3.8) is 0 Å². The summed E-state index contributed by atoms with van der Waals surface area (Å²) in [6, 6.07) is 8.49. The van der Waals surface area contributed by atoms with Gasteiger partial charge in [-0.3, -0.25) is 0 Å². The summed E-state index contributed by atoms with van der Waals surface area (Å²) in [7, 11) is 1.99.